The molecular weight excluding hydrogens is 210 g/mol. The van der Waals surface area contributed by atoms with Gasteiger partial charge in [0, 0.05) is 11.6 Å². The first-order valence-electron chi connectivity index (χ1n) is 3.51. The largest absolute Gasteiger partial charge is 0.291 e. The standard InChI is InChI=1S/C7H9NO3S2/c1-5-8-6(3-12-5)7(9)4-13(2,10)11/h3H,4H2,1-2H3. The first-order chi connectivity index (χ1) is 5.88. The molecule has 1 aromatic heterocycles. The number of carbonyl (C=O) groups excluding carboxylic acids is 1. The molecule has 0 amide bonds. The van der Waals surface area contributed by atoms with Crippen molar-refractivity contribution in [1.29, 1.82) is 0 Å². The summed E-state index contributed by atoms with van der Waals surface area (Å²) in [5, 5.41) is 2.33. The number of aromatic nitrogens is 1. The molecule has 0 fully saturated rings. The summed E-state index contributed by atoms with van der Waals surface area (Å²) in [5.74, 6) is -0.900. The van der Waals surface area contributed by atoms with Crippen LogP contribution in [0.25, 0.3) is 0 Å². The Hall–Kier alpha value is -0.750. The van der Waals surface area contributed by atoms with Crippen LogP contribution >= 0.6 is 11.3 Å². The summed E-state index contributed by atoms with van der Waals surface area (Å²) in [6.45, 7) is 1.77. The maximum atomic E-state index is 11.2. The molecule has 4 nitrogen and oxygen atoms in total. The smallest absolute Gasteiger partial charge is 0.197 e. The Kier molecular flexibility index (Phi) is 2.82. The zero-order chi connectivity index (χ0) is 10.1. The van der Waals surface area contributed by atoms with Crippen molar-refractivity contribution in [2.75, 3.05) is 12.0 Å². The average molecular weight is 219 g/mol. The van der Waals surface area contributed by atoms with Gasteiger partial charge in [-0.1, -0.05) is 0 Å². The highest BCUT2D eigenvalue weighted by molar-refractivity contribution is 7.91. The molecule has 0 bridgehead atoms. The van der Waals surface area contributed by atoms with Gasteiger partial charge in [-0.15, -0.1) is 11.3 Å². The number of ketones is 1. The van der Waals surface area contributed by atoms with Crippen LogP contribution in [0, 0.1) is 6.92 Å². The van der Waals surface area contributed by atoms with Crippen LogP contribution in [0.2, 0.25) is 0 Å². The molecular formula is C7H9NO3S2. The molecule has 0 aromatic carbocycles. The highest BCUT2D eigenvalue weighted by atomic mass is 32.2. The minimum atomic E-state index is -3.25. The molecule has 0 unspecified atom stereocenters. The van der Waals surface area contributed by atoms with Gasteiger partial charge in [0.25, 0.3) is 0 Å². The number of Topliss-reactive ketones (excluding diaryl/α,β-unsaturated/α-hetero) is 1. The molecule has 0 atom stereocenters. The zero-order valence-electron chi connectivity index (χ0n) is 7.27. The maximum Gasteiger partial charge on any atom is 0.197 e. The van der Waals surface area contributed by atoms with E-state index in [1.807, 2.05) is 0 Å². The quantitative estimate of drug-likeness (QED) is 0.701. The van der Waals surface area contributed by atoms with Gasteiger partial charge in [0.15, 0.2) is 15.6 Å². The second kappa shape index (κ2) is 3.55. The lowest BCUT2D eigenvalue weighted by Gasteiger charge is -1.93. The van der Waals surface area contributed by atoms with Crippen molar-refractivity contribution in [1.82, 2.24) is 4.98 Å². The van der Waals surface area contributed by atoms with Crippen molar-refractivity contribution in [2.24, 2.45) is 0 Å². The first kappa shape index (κ1) is 10.3. The number of thiazole rings is 1. The number of rotatable bonds is 3. The summed E-state index contributed by atoms with van der Waals surface area (Å²) in [5.41, 5.74) is 0.243. The van der Waals surface area contributed by atoms with Crippen molar-refractivity contribution in [2.45, 2.75) is 6.92 Å². The van der Waals surface area contributed by atoms with E-state index in [4.69, 9.17) is 0 Å². The molecule has 0 radical (unpaired) electrons. The number of sulfone groups is 1. The van der Waals surface area contributed by atoms with Crippen LogP contribution in [0.4, 0.5) is 0 Å². The van der Waals surface area contributed by atoms with Crippen LogP contribution in [0.5, 0.6) is 0 Å². The molecule has 1 rings (SSSR count). The van der Waals surface area contributed by atoms with Crippen molar-refractivity contribution >= 4 is 27.0 Å². The van der Waals surface area contributed by atoms with Crippen LogP contribution in [0.3, 0.4) is 0 Å². The third-order valence-corrected chi connectivity index (χ3v) is 2.86. The minimum absolute atomic E-state index is 0.243. The van der Waals surface area contributed by atoms with Gasteiger partial charge in [-0.3, -0.25) is 4.79 Å². The highest BCUT2D eigenvalue weighted by Gasteiger charge is 2.15. The molecule has 1 heterocycles. The molecule has 0 spiro atoms. The molecule has 72 valence electrons. The Labute approximate surface area is 80.5 Å². The van der Waals surface area contributed by atoms with Gasteiger partial charge in [-0.05, 0) is 6.92 Å². The van der Waals surface area contributed by atoms with E-state index in [2.05, 4.69) is 4.98 Å². The van der Waals surface area contributed by atoms with E-state index in [1.54, 1.807) is 12.3 Å². The molecule has 0 aliphatic carbocycles. The third-order valence-electron chi connectivity index (χ3n) is 1.30. The van der Waals surface area contributed by atoms with Crippen LogP contribution in [0.1, 0.15) is 15.5 Å². The lowest BCUT2D eigenvalue weighted by atomic mass is 10.3. The minimum Gasteiger partial charge on any atom is -0.291 e. The fourth-order valence-electron chi connectivity index (χ4n) is 0.804. The lowest BCUT2D eigenvalue weighted by Crippen LogP contribution is -2.14. The van der Waals surface area contributed by atoms with Crippen molar-refractivity contribution in [3.05, 3.63) is 16.1 Å². The van der Waals surface area contributed by atoms with Crippen LogP contribution in [-0.4, -0.2) is 31.2 Å². The van der Waals surface area contributed by atoms with E-state index in [9.17, 15) is 13.2 Å². The van der Waals surface area contributed by atoms with Gasteiger partial charge in [-0.25, -0.2) is 13.4 Å². The van der Waals surface area contributed by atoms with Crippen molar-refractivity contribution in [3.8, 4) is 0 Å². The first-order valence-corrected chi connectivity index (χ1v) is 6.45. The lowest BCUT2D eigenvalue weighted by molar-refractivity contribution is 0.101. The van der Waals surface area contributed by atoms with E-state index in [-0.39, 0.29) is 5.69 Å². The predicted molar refractivity (Wildman–Crippen MR) is 50.9 cm³/mol. The summed E-state index contributed by atoms with van der Waals surface area (Å²) >= 11 is 1.33. The summed E-state index contributed by atoms with van der Waals surface area (Å²) in [7, 11) is -3.25. The van der Waals surface area contributed by atoms with Gasteiger partial charge in [0.1, 0.15) is 11.4 Å². The van der Waals surface area contributed by atoms with Gasteiger partial charge in [0.05, 0.1) is 5.01 Å². The Bertz CT molecular complexity index is 419. The normalized spacial score (nSPS) is 11.5. The summed E-state index contributed by atoms with van der Waals surface area (Å²) in [6.07, 6.45) is 1.03. The second-order valence-electron chi connectivity index (χ2n) is 2.75. The fourth-order valence-corrected chi connectivity index (χ4v) is 2.05. The maximum absolute atomic E-state index is 11.2. The molecule has 0 saturated heterocycles. The molecule has 0 aliphatic heterocycles. The van der Waals surface area contributed by atoms with E-state index in [0.29, 0.717) is 0 Å². The van der Waals surface area contributed by atoms with Crippen LogP contribution in [-0.2, 0) is 9.84 Å². The summed E-state index contributed by atoms with van der Waals surface area (Å²) < 4.78 is 21.6. The predicted octanol–water partition coefficient (Wildman–Crippen LogP) is 0.679. The second-order valence-corrected chi connectivity index (χ2v) is 5.95. The van der Waals surface area contributed by atoms with E-state index < -0.39 is 21.4 Å². The van der Waals surface area contributed by atoms with Gasteiger partial charge in [0.2, 0.25) is 0 Å². The number of hydrogen-bond acceptors (Lipinski definition) is 5. The van der Waals surface area contributed by atoms with E-state index in [1.165, 1.54) is 11.3 Å². The topological polar surface area (TPSA) is 64.1 Å². The number of hydrogen-bond donors (Lipinski definition) is 0. The molecule has 1 aromatic rings. The fraction of sp³-hybridized carbons (Fsp3) is 0.429. The Balaban J connectivity index is 2.81. The van der Waals surface area contributed by atoms with Gasteiger partial charge >= 0.3 is 0 Å². The van der Waals surface area contributed by atoms with Crippen LogP contribution in [0.15, 0.2) is 5.38 Å². The zero-order valence-corrected chi connectivity index (χ0v) is 8.91. The monoisotopic (exact) mass is 219 g/mol. The summed E-state index contributed by atoms with van der Waals surface area (Å²) in [4.78, 5) is 15.1. The highest BCUT2D eigenvalue weighted by Crippen LogP contribution is 2.09. The Morgan fingerprint density at radius 2 is 2.23 bits per heavy atom. The summed E-state index contributed by atoms with van der Waals surface area (Å²) in [6, 6.07) is 0. The SMILES string of the molecule is Cc1nc(C(=O)CS(C)(=O)=O)cs1. The molecule has 13 heavy (non-hydrogen) atoms. The average Bonchev–Trinajstić information content (AvgIpc) is 2.31. The van der Waals surface area contributed by atoms with Crippen molar-refractivity contribution < 1.29 is 13.2 Å². The van der Waals surface area contributed by atoms with E-state index >= 15 is 0 Å². The number of nitrogens with zero attached hydrogens (tertiary/aromatic N) is 1. The molecule has 6 heteroatoms. The number of carbonyl (C=O) groups is 1. The number of aryl methyl sites for hydroxylation is 1. The van der Waals surface area contributed by atoms with Crippen molar-refractivity contribution in [3.63, 3.8) is 0 Å². The molecule has 0 N–H and O–H groups in total. The molecule has 0 aliphatic rings. The van der Waals surface area contributed by atoms with Crippen LogP contribution < -0.4 is 0 Å². The van der Waals surface area contributed by atoms with Gasteiger partial charge in [-0.2, -0.15) is 0 Å². The molecule has 0 saturated carbocycles. The van der Waals surface area contributed by atoms with Gasteiger partial charge < -0.3 is 0 Å². The Morgan fingerprint density at radius 1 is 1.62 bits per heavy atom. The third kappa shape index (κ3) is 3.23. The Morgan fingerprint density at radius 3 is 2.62 bits per heavy atom. The van der Waals surface area contributed by atoms with E-state index in [0.717, 1.165) is 11.3 Å².